The predicted octanol–water partition coefficient (Wildman–Crippen LogP) is 3.02. The summed E-state index contributed by atoms with van der Waals surface area (Å²) in [4.78, 5) is 0.147. The molecular formula is C14H20ClNO3S. The molecule has 0 radical (unpaired) electrons. The molecule has 112 valence electrons. The number of hydrogen-bond donors (Lipinski definition) is 0. The third-order valence-corrected chi connectivity index (χ3v) is 5.67. The lowest BCUT2D eigenvalue weighted by molar-refractivity contribution is 0.222. The number of benzene rings is 1. The highest BCUT2D eigenvalue weighted by atomic mass is 35.5. The third-order valence-electron chi connectivity index (χ3n) is 3.58. The molecule has 0 unspecified atom stereocenters. The number of piperidine rings is 1. The van der Waals surface area contributed by atoms with E-state index in [9.17, 15) is 8.42 Å². The Morgan fingerprint density at radius 3 is 2.40 bits per heavy atom. The van der Waals surface area contributed by atoms with Crippen LogP contribution in [0.2, 0.25) is 5.02 Å². The van der Waals surface area contributed by atoms with Gasteiger partial charge in [0.1, 0.15) is 10.6 Å². The van der Waals surface area contributed by atoms with Crippen molar-refractivity contribution in [2.45, 2.75) is 25.2 Å². The van der Waals surface area contributed by atoms with Crippen molar-refractivity contribution in [3.8, 4) is 5.75 Å². The molecule has 1 aliphatic heterocycles. The molecule has 4 nitrogen and oxygen atoms in total. The second-order valence-corrected chi connectivity index (χ2v) is 7.91. The summed E-state index contributed by atoms with van der Waals surface area (Å²) in [6, 6.07) is 4.67. The summed E-state index contributed by atoms with van der Waals surface area (Å²) >= 11 is 5.94. The van der Waals surface area contributed by atoms with Crippen molar-refractivity contribution >= 4 is 21.6 Å². The Hall–Kier alpha value is -0.780. The Morgan fingerprint density at radius 2 is 1.85 bits per heavy atom. The second kappa shape index (κ2) is 5.92. The van der Waals surface area contributed by atoms with Crippen LogP contribution in [0.5, 0.6) is 5.75 Å². The number of methoxy groups -OCH3 is 1. The minimum atomic E-state index is -3.57. The Morgan fingerprint density at radius 1 is 1.25 bits per heavy atom. The minimum Gasteiger partial charge on any atom is -0.495 e. The summed E-state index contributed by atoms with van der Waals surface area (Å²) in [5, 5.41) is 0.391. The average molecular weight is 318 g/mol. The molecule has 0 N–H and O–H groups in total. The predicted molar refractivity (Wildman–Crippen MR) is 79.7 cm³/mol. The van der Waals surface area contributed by atoms with Crippen LogP contribution in [0.25, 0.3) is 0 Å². The molecule has 6 heteroatoms. The molecule has 0 spiro atoms. The smallest absolute Gasteiger partial charge is 0.246 e. The van der Waals surface area contributed by atoms with Crippen molar-refractivity contribution in [1.82, 2.24) is 4.31 Å². The zero-order valence-corrected chi connectivity index (χ0v) is 13.5. The molecule has 2 rings (SSSR count). The monoisotopic (exact) mass is 317 g/mol. The lowest BCUT2D eigenvalue weighted by atomic mass is 9.94. The van der Waals surface area contributed by atoms with Crippen molar-refractivity contribution < 1.29 is 13.2 Å². The van der Waals surface area contributed by atoms with E-state index in [2.05, 4.69) is 13.8 Å². The fourth-order valence-corrected chi connectivity index (χ4v) is 4.89. The van der Waals surface area contributed by atoms with Gasteiger partial charge in [-0.1, -0.05) is 25.4 Å². The Balaban J connectivity index is 2.42. The Labute approximate surface area is 125 Å². The van der Waals surface area contributed by atoms with E-state index in [4.69, 9.17) is 16.3 Å². The van der Waals surface area contributed by atoms with E-state index >= 15 is 0 Å². The quantitative estimate of drug-likeness (QED) is 0.861. The van der Waals surface area contributed by atoms with Gasteiger partial charge in [0.2, 0.25) is 10.0 Å². The summed E-state index contributed by atoms with van der Waals surface area (Å²) in [6.45, 7) is 5.24. The van der Waals surface area contributed by atoms with Gasteiger partial charge in [-0.3, -0.25) is 0 Å². The molecule has 1 aromatic rings. The van der Waals surface area contributed by atoms with Crippen molar-refractivity contribution in [3.63, 3.8) is 0 Å². The molecule has 0 aliphatic carbocycles. The first kappa shape index (κ1) is 15.6. The summed E-state index contributed by atoms with van der Waals surface area (Å²) in [5.74, 6) is 1.05. The van der Waals surface area contributed by atoms with E-state index in [1.54, 1.807) is 16.4 Å². The largest absolute Gasteiger partial charge is 0.495 e. The van der Waals surface area contributed by atoms with E-state index in [0.717, 1.165) is 6.42 Å². The van der Waals surface area contributed by atoms with Gasteiger partial charge in [0, 0.05) is 18.1 Å². The van der Waals surface area contributed by atoms with E-state index in [-0.39, 0.29) is 4.90 Å². The highest BCUT2D eigenvalue weighted by Crippen LogP contribution is 2.32. The topological polar surface area (TPSA) is 46.6 Å². The highest BCUT2D eigenvalue weighted by molar-refractivity contribution is 7.89. The molecule has 0 amide bonds. The molecule has 1 heterocycles. The fourth-order valence-electron chi connectivity index (χ4n) is 2.79. The SMILES string of the molecule is COc1ccc(Cl)cc1S(=O)(=O)N1C[C@@H](C)C[C@H](C)C1. The van der Waals surface area contributed by atoms with Gasteiger partial charge in [0.15, 0.2) is 0 Å². The number of hydrogen-bond acceptors (Lipinski definition) is 3. The number of nitrogens with zero attached hydrogens (tertiary/aromatic N) is 1. The maximum atomic E-state index is 12.8. The molecule has 1 aromatic carbocycles. The summed E-state index contributed by atoms with van der Waals surface area (Å²) in [6.07, 6.45) is 1.05. The number of ether oxygens (including phenoxy) is 1. The second-order valence-electron chi connectivity index (χ2n) is 5.56. The van der Waals surface area contributed by atoms with Crippen LogP contribution in [0.4, 0.5) is 0 Å². The van der Waals surface area contributed by atoms with Crippen molar-refractivity contribution in [2.75, 3.05) is 20.2 Å². The lowest BCUT2D eigenvalue weighted by Gasteiger charge is -2.34. The molecule has 2 atom stereocenters. The third kappa shape index (κ3) is 3.10. The summed E-state index contributed by atoms with van der Waals surface area (Å²) < 4.78 is 32.3. The van der Waals surface area contributed by atoms with Gasteiger partial charge in [-0.05, 0) is 36.5 Å². The van der Waals surface area contributed by atoms with Crippen LogP contribution in [-0.2, 0) is 10.0 Å². The Kier molecular flexibility index (Phi) is 4.62. The van der Waals surface area contributed by atoms with Crippen molar-refractivity contribution in [2.24, 2.45) is 11.8 Å². The van der Waals surface area contributed by atoms with Gasteiger partial charge in [0.25, 0.3) is 0 Å². The van der Waals surface area contributed by atoms with E-state index in [0.29, 0.717) is 35.7 Å². The van der Waals surface area contributed by atoms with Crippen molar-refractivity contribution in [3.05, 3.63) is 23.2 Å². The van der Waals surface area contributed by atoms with Gasteiger partial charge in [-0.15, -0.1) is 0 Å². The van der Waals surface area contributed by atoms with E-state index < -0.39 is 10.0 Å². The van der Waals surface area contributed by atoms with Crippen LogP contribution in [0, 0.1) is 11.8 Å². The molecule has 1 fully saturated rings. The van der Waals surface area contributed by atoms with Gasteiger partial charge in [-0.25, -0.2) is 8.42 Å². The van der Waals surface area contributed by atoms with Crippen LogP contribution >= 0.6 is 11.6 Å². The molecule has 0 aromatic heterocycles. The van der Waals surface area contributed by atoms with Gasteiger partial charge < -0.3 is 4.74 Å². The molecular weight excluding hydrogens is 298 g/mol. The van der Waals surface area contributed by atoms with Crippen LogP contribution in [0.15, 0.2) is 23.1 Å². The first-order valence-electron chi connectivity index (χ1n) is 6.68. The first-order valence-corrected chi connectivity index (χ1v) is 8.50. The molecule has 1 aliphatic rings. The van der Waals surface area contributed by atoms with E-state index in [1.807, 2.05) is 0 Å². The number of sulfonamides is 1. The van der Waals surface area contributed by atoms with Gasteiger partial charge in [-0.2, -0.15) is 4.31 Å². The van der Waals surface area contributed by atoms with Gasteiger partial charge >= 0.3 is 0 Å². The molecule has 0 bridgehead atoms. The molecule has 20 heavy (non-hydrogen) atoms. The van der Waals surface area contributed by atoms with Gasteiger partial charge in [0.05, 0.1) is 7.11 Å². The maximum Gasteiger partial charge on any atom is 0.246 e. The lowest BCUT2D eigenvalue weighted by Crippen LogP contribution is -2.42. The van der Waals surface area contributed by atoms with Crippen molar-refractivity contribution in [1.29, 1.82) is 0 Å². The zero-order chi connectivity index (χ0) is 14.9. The van der Waals surface area contributed by atoms with Crippen LogP contribution in [0.1, 0.15) is 20.3 Å². The fraction of sp³-hybridized carbons (Fsp3) is 0.571. The number of halogens is 1. The van der Waals surface area contributed by atoms with Crippen LogP contribution in [-0.4, -0.2) is 32.9 Å². The zero-order valence-electron chi connectivity index (χ0n) is 12.0. The highest BCUT2D eigenvalue weighted by Gasteiger charge is 2.33. The molecule has 1 saturated heterocycles. The number of rotatable bonds is 3. The maximum absolute atomic E-state index is 12.8. The molecule has 0 saturated carbocycles. The minimum absolute atomic E-state index is 0.147. The summed E-state index contributed by atoms with van der Waals surface area (Å²) in [5.41, 5.74) is 0. The van der Waals surface area contributed by atoms with E-state index in [1.165, 1.54) is 13.2 Å². The standard InChI is InChI=1S/C14H20ClNO3S/c1-10-6-11(2)9-16(8-10)20(17,18)14-7-12(15)4-5-13(14)19-3/h4-5,7,10-11H,6,8-9H2,1-3H3/t10-,11-/m0/s1. The normalized spacial score (nSPS) is 24.6. The van der Waals surface area contributed by atoms with Crippen LogP contribution in [0.3, 0.4) is 0 Å². The van der Waals surface area contributed by atoms with Crippen LogP contribution < -0.4 is 4.74 Å². The Bertz CT molecular complexity index is 578. The average Bonchev–Trinajstić information content (AvgIpc) is 2.37. The first-order chi connectivity index (χ1) is 9.34. The summed E-state index contributed by atoms with van der Waals surface area (Å²) in [7, 11) is -2.11.